The van der Waals surface area contributed by atoms with Crippen LogP contribution in [0.3, 0.4) is 0 Å². The van der Waals surface area contributed by atoms with Crippen molar-refractivity contribution in [1.29, 1.82) is 0 Å². The number of alkyl halides is 3. The molecule has 1 aromatic heterocycles. The van der Waals surface area contributed by atoms with Crippen LogP contribution in [0.1, 0.15) is 27.1 Å². The second-order valence-corrected chi connectivity index (χ2v) is 7.62. The first-order valence-corrected chi connectivity index (χ1v) is 10.6. The van der Waals surface area contributed by atoms with Crippen molar-refractivity contribution in [3.05, 3.63) is 65.9 Å². The van der Waals surface area contributed by atoms with Gasteiger partial charge in [0.05, 0.1) is 6.61 Å². The van der Waals surface area contributed by atoms with Gasteiger partial charge in [0.1, 0.15) is 11.6 Å². The molecular weight excluding hydrogens is 481 g/mol. The number of nitrogens with zero attached hydrogens (tertiary/aromatic N) is 2. The van der Waals surface area contributed by atoms with E-state index in [0.717, 1.165) is 10.8 Å². The molecule has 3 rings (SSSR count). The Balaban J connectivity index is 0.000000572. The average Bonchev–Trinajstić information content (AvgIpc) is 2.83. The number of fused-ring (bicyclic) bond motifs is 1. The summed E-state index contributed by atoms with van der Waals surface area (Å²) in [5.74, 6) is -1.85. The average molecular weight is 506 g/mol. The van der Waals surface area contributed by atoms with Gasteiger partial charge in [-0.25, -0.2) is 9.78 Å². The van der Waals surface area contributed by atoms with E-state index in [1.807, 2.05) is 24.3 Å². The summed E-state index contributed by atoms with van der Waals surface area (Å²) in [6, 6.07) is 14.2. The van der Waals surface area contributed by atoms with E-state index >= 15 is 0 Å². The molecule has 0 saturated carbocycles. The highest BCUT2D eigenvalue weighted by molar-refractivity contribution is 5.97. The molecule has 3 aromatic rings. The van der Waals surface area contributed by atoms with E-state index in [1.54, 1.807) is 44.6 Å². The van der Waals surface area contributed by atoms with Gasteiger partial charge in [-0.1, -0.05) is 6.07 Å². The molecule has 192 valence electrons. The number of halogens is 3. The van der Waals surface area contributed by atoms with Gasteiger partial charge in [0.15, 0.2) is 0 Å². The smallest absolute Gasteiger partial charge is 0.490 e. The van der Waals surface area contributed by atoms with Crippen LogP contribution in [0.2, 0.25) is 0 Å². The molecule has 4 N–H and O–H groups in total. The zero-order valence-electron chi connectivity index (χ0n) is 19.5. The van der Waals surface area contributed by atoms with Crippen LogP contribution in [0.25, 0.3) is 10.8 Å². The molecule has 1 heterocycles. The van der Waals surface area contributed by atoms with Crippen molar-refractivity contribution in [2.75, 3.05) is 33.0 Å². The molecule has 9 nitrogen and oxygen atoms in total. The highest BCUT2D eigenvalue weighted by Gasteiger charge is 2.38. The van der Waals surface area contributed by atoms with Crippen LogP contribution in [0, 0.1) is 0 Å². The highest BCUT2D eigenvalue weighted by atomic mass is 19.4. The maximum atomic E-state index is 12.2. The summed E-state index contributed by atoms with van der Waals surface area (Å²) in [7, 11) is 3.38. The molecule has 0 atom stereocenters. The van der Waals surface area contributed by atoms with E-state index in [9.17, 15) is 22.8 Å². The number of carboxylic acids is 1. The van der Waals surface area contributed by atoms with Crippen LogP contribution >= 0.6 is 0 Å². The summed E-state index contributed by atoms with van der Waals surface area (Å²) in [6.45, 7) is 0.941. The van der Waals surface area contributed by atoms with Crippen LogP contribution in [-0.4, -0.2) is 66.2 Å². The number of ether oxygens (including phenoxy) is 1. The largest absolute Gasteiger partial charge is 0.494 e. The Bertz CT molecular complexity index is 1210. The lowest BCUT2D eigenvalue weighted by atomic mass is 10.1. The molecule has 0 unspecified atom stereocenters. The molecule has 0 bridgehead atoms. The third-order valence-corrected chi connectivity index (χ3v) is 4.69. The first kappa shape index (κ1) is 27.9. The summed E-state index contributed by atoms with van der Waals surface area (Å²) in [5.41, 5.74) is 6.96. The normalized spacial score (nSPS) is 10.7. The van der Waals surface area contributed by atoms with Crippen LogP contribution in [0.15, 0.2) is 54.7 Å². The molecule has 0 spiro atoms. The third kappa shape index (κ3) is 8.15. The van der Waals surface area contributed by atoms with Gasteiger partial charge in [-0.15, -0.1) is 0 Å². The van der Waals surface area contributed by atoms with Crippen molar-refractivity contribution < 1.29 is 37.4 Å². The SMILES string of the molecule is CN(C)C(=O)c1ccc(C(=O)NCCCOc2ccc3ccnc(N)c3c2)cc1.O=C(O)C(F)(F)F. The fraction of sp³-hybridized carbons (Fsp3) is 0.250. The number of nitrogens with two attached hydrogens (primary N) is 1. The van der Waals surface area contributed by atoms with Gasteiger partial charge in [-0.3, -0.25) is 9.59 Å². The Morgan fingerprint density at radius 1 is 1.06 bits per heavy atom. The number of nitrogen functional groups attached to an aromatic ring is 1. The molecule has 2 amide bonds. The van der Waals surface area contributed by atoms with Crippen molar-refractivity contribution in [2.24, 2.45) is 0 Å². The fourth-order valence-electron chi connectivity index (χ4n) is 2.85. The Morgan fingerprint density at radius 3 is 2.25 bits per heavy atom. The molecule has 0 aliphatic heterocycles. The molecule has 0 saturated heterocycles. The summed E-state index contributed by atoms with van der Waals surface area (Å²) in [5, 5.41) is 11.8. The number of benzene rings is 2. The number of carbonyl (C=O) groups excluding carboxylic acids is 2. The second kappa shape index (κ2) is 12.4. The number of amides is 2. The minimum absolute atomic E-state index is 0.0969. The Labute approximate surface area is 204 Å². The molecule has 0 radical (unpaired) electrons. The minimum atomic E-state index is -5.08. The fourth-order valence-corrected chi connectivity index (χ4v) is 2.85. The number of nitrogens with one attached hydrogen (secondary N) is 1. The first-order chi connectivity index (χ1) is 16.9. The standard InChI is InChI=1S/C22H24N4O3.C2HF3O2/c1-26(2)22(28)17-6-4-16(5-7-17)21(27)25-11-3-13-29-18-9-8-15-10-12-24-20(23)19(15)14-18;3-2(4,5)1(6)7/h4-10,12,14H,3,11,13H2,1-2H3,(H2,23,24)(H,25,27);(H,6,7). The summed E-state index contributed by atoms with van der Waals surface area (Å²) < 4.78 is 37.5. The lowest BCUT2D eigenvalue weighted by Gasteiger charge is -2.11. The van der Waals surface area contributed by atoms with Crippen LogP contribution in [-0.2, 0) is 4.79 Å². The maximum Gasteiger partial charge on any atom is 0.490 e. The Morgan fingerprint density at radius 2 is 1.67 bits per heavy atom. The highest BCUT2D eigenvalue weighted by Crippen LogP contribution is 2.24. The molecule has 0 aliphatic carbocycles. The number of rotatable bonds is 7. The summed E-state index contributed by atoms with van der Waals surface area (Å²) in [6.07, 6.45) is -2.75. The molecule has 0 fully saturated rings. The first-order valence-electron chi connectivity index (χ1n) is 10.6. The predicted octanol–water partition coefficient (Wildman–Crippen LogP) is 3.35. The Kier molecular flexibility index (Phi) is 9.59. The number of hydrogen-bond acceptors (Lipinski definition) is 6. The van der Waals surface area contributed by atoms with Gasteiger partial charge in [-0.05, 0) is 54.3 Å². The number of pyridine rings is 1. The van der Waals surface area contributed by atoms with Crippen LogP contribution in [0.4, 0.5) is 19.0 Å². The Hall–Kier alpha value is -4.35. The van der Waals surface area contributed by atoms with Gasteiger partial charge >= 0.3 is 12.1 Å². The molecular formula is C24H25F3N4O5. The van der Waals surface area contributed by atoms with E-state index < -0.39 is 12.1 Å². The topological polar surface area (TPSA) is 135 Å². The lowest BCUT2D eigenvalue weighted by Crippen LogP contribution is -2.26. The molecule has 0 aliphatic rings. The maximum absolute atomic E-state index is 12.2. The number of carboxylic acid groups (broad SMARTS) is 1. The van der Waals surface area contributed by atoms with Gasteiger partial charge in [-0.2, -0.15) is 13.2 Å². The number of aliphatic carboxylic acids is 1. The van der Waals surface area contributed by atoms with Crippen molar-refractivity contribution in [3.8, 4) is 5.75 Å². The molecule has 12 heteroatoms. The van der Waals surface area contributed by atoms with Crippen molar-refractivity contribution in [2.45, 2.75) is 12.6 Å². The molecule has 2 aromatic carbocycles. The number of anilines is 1. The summed E-state index contributed by atoms with van der Waals surface area (Å²) >= 11 is 0. The molecule has 36 heavy (non-hydrogen) atoms. The summed E-state index contributed by atoms with van der Waals surface area (Å²) in [4.78, 5) is 38.6. The quantitative estimate of drug-likeness (QED) is 0.418. The number of aromatic nitrogens is 1. The number of carbonyl (C=O) groups is 3. The zero-order valence-corrected chi connectivity index (χ0v) is 19.5. The van der Waals surface area contributed by atoms with Crippen LogP contribution < -0.4 is 15.8 Å². The third-order valence-electron chi connectivity index (χ3n) is 4.69. The van der Waals surface area contributed by atoms with Gasteiger partial charge in [0.2, 0.25) is 0 Å². The second-order valence-electron chi connectivity index (χ2n) is 7.62. The van der Waals surface area contributed by atoms with E-state index in [-0.39, 0.29) is 11.8 Å². The van der Waals surface area contributed by atoms with E-state index in [0.29, 0.717) is 42.3 Å². The predicted molar refractivity (Wildman–Crippen MR) is 127 cm³/mol. The minimum Gasteiger partial charge on any atom is -0.494 e. The van der Waals surface area contributed by atoms with Crippen molar-refractivity contribution in [3.63, 3.8) is 0 Å². The lowest BCUT2D eigenvalue weighted by molar-refractivity contribution is -0.192. The monoisotopic (exact) mass is 506 g/mol. The van der Waals surface area contributed by atoms with Gasteiger partial charge in [0.25, 0.3) is 11.8 Å². The van der Waals surface area contributed by atoms with Gasteiger partial charge < -0.3 is 25.8 Å². The van der Waals surface area contributed by atoms with E-state index in [2.05, 4.69) is 10.3 Å². The number of hydrogen-bond donors (Lipinski definition) is 3. The van der Waals surface area contributed by atoms with Crippen molar-refractivity contribution in [1.82, 2.24) is 15.2 Å². The van der Waals surface area contributed by atoms with E-state index in [4.69, 9.17) is 20.4 Å². The van der Waals surface area contributed by atoms with Crippen molar-refractivity contribution >= 4 is 34.4 Å². The zero-order chi connectivity index (χ0) is 26.9. The van der Waals surface area contributed by atoms with E-state index in [1.165, 1.54) is 4.90 Å². The van der Waals surface area contributed by atoms with Crippen LogP contribution in [0.5, 0.6) is 5.75 Å². The van der Waals surface area contributed by atoms with Gasteiger partial charge in [0, 0.05) is 43.4 Å².